The molecule has 5 atom stereocenters. The summed E-state index contributed by atoms with van der Waals surface area (Å²) in [7, 11) is 0. The molecule has 1 aliphatic heterocycles. The summed E-state index contributed by atoms with van der Waals surface area (Å²) in [5.74, 6) is 0.515. The largest absolute Gasteiger partial charge is 0.396 e. The van der Waals surface area contributed by atoms with E-state index in [1.807, 2.05) is 4.57 Å². The van der Waals surface area contributed by atoms with Crippen LogP contribution in [0.1, 0.15) is 12.5 Å². The van der Waals surface area contributed by atoms with Crippen molar-refractivity contribution in [3.63, 3.8) is 0 Å². The standard InChI is InChI=1S/C13H15N5O3/c14-9-7-10(16-4-15-9)18(5-17-7)8-6-1-12(6,2-19)11(20)13(8)3-21-13/h4-6,8,11,19-20H,1-3H2,(H2,14,15,16)/t6?,8-,11?,12+,13?/m1/s1. The molecule has 0 radical (unpaired) electrons. The average molecular weight is 289 g/mol. The van der Waals surface area contributed by atoms with Crippen molar-refractivity contribution in [1.29, 1.82) is 0 Å². The molecule has 1 saturated heterocycles. The van der Waals surface area contributed by atoms with Gasteiger partial charge in [-0.2, -0.15) is 0 Å². The van der Waals surface area contributed by atoms with E-state index in [4.69, 9.17) is 10.5 Å². The molecule has 5 rings (SSSR count). The Hall–Kier alpha value is -1.77. The smallest absolute Gasteiger partial charge is 0.165 e. The van der Waals surface area contributed by atoms with E-state index in [0.717, 1.165) is 6.42 Å². The third-order valence-corrected chi connectivity index (χ3v) is 5.53. The monoisotopic (exact) mass is 289 g/mol. The zero-order valence-electron chi connectivity index (χ0n) is 11.2. The summed E-state index contributed by atoms with van der Waals surface area (Å²) in [6.07, 6.45) is 3.23. The van der Waals surface area contributed by atoms with Gasteiger partial charge in [0.25, 0.3) is 0 Å². The van der Waals surface area contributed by atoms with Crippen molar-refractivity contribution in [1.82, 2.24) is 19.5 Å². The molecule has 3 heterocycles. The number of nitrogens with two attached hydrogens (primary N) is 1. The van der Waals surface area contributed by atoms with Crippen LogP contribution < -0.4 is 5.73 Å². The number of fused-ring (bicyclic) bond motifs is 2. The van der Waals surface area contributed by atoms with Crippen LogP contribution in [0.3, 0.4) is 0 Å². The van der Waals surface area contributed by atoms with E-state index in [1.54, 1.807) is 6.33 Å². The van der Waals surface area contributed by atoms with Gasteiger partial charge in [0, 0.05) is 5.41 Å². The number of imidazole rings is 1. The van der Waals surface area contributed by atoms with Crippen molar-refractivity contribution in [2.24, 2.45) is 11.3 Å². The molecule has 21 heavy (non-hydrogen) atoms. The van der Waals surface area contributed by atoms with Crippen LogP contribution >= 0.6 is 0 Å². The molecule has 8 heteroatoms. The molecule has 8 nitrogen and oxygen atoms in total. The van der Waals surface area contributed by atoms with Crippen LogP contribution in [0.2, 0.25) is 0 Å². The number of aliphatic hydroxyl groups is 2. The normalized spacial score (nSPS) is 43.4. The van der Waals surface area contributed by atoms with Gasteiger partial charge in [-0.25, -0.2) is 15.0 Å². The van der Waals surface area contributed by atoms with Crippen LogP contribution in [0.5, 0.6) is 0 Å². The van der Waals surface area contributed by atoms with Gasteiger partial charge in [0.15, 0.2) is 11.5 Å². The zero-order valence-corrected chi connectivity index (χ0v) is 11.2. The minimum absolute atomic E-state index is 0.0236. The summed E-state index contributed by atoms with van der Waals surface area (Å²) in [4.78, 5) is 12.5. The van der Waals surface area contributed by atoms with Crippen LogP contribution in [-0.2, 0) is 4.74 Å². The number of nitrogens with zero attached hydrogens (tertiary/aromatic N) is 4. The maximum atomic E-state index is 10.6. The number of hydrogen-bond donors (Lipinski definition) is 3. The van der Waals surface area contributed by atoms with Gasteiger partial charge < -0.3 is 25.3 Å². The molecular formula is C13H15N5O3. The molecule has 1 spiro atoms. The lowest BCUT2D eigenvalue weighted by Crippen LogP contribution is -2.39. The summed E-state index contributed by atoms with van der Waals surface area (Å²) in [5.41, 5.74) is 5.99. The number of aliphatic hydroxyl groups excluding tert-OH is 2. The van der Waals surface area contributed by atoms with E-state index >= 15 is 0 Å². The van der Waals surface area contributed by atoms with Gasteiger partial charge in [-0.15, -0.1) is 0 Å². The maximum absolute atomic E-state index is 10.6. The Morgan fingerprint density at radius 1 is 1.43 bits per heavy atom. The predicted octanol–water partition coefficient (Wildman–Crippen LogP) is -0.908. The first kappa shape index (κ1) is 11.8. The number of rotatable bonds is 2. The molecule has 0 amide bonds. The highest BCUT2D eigenvalue weighted by molar-refractivity contribution is 5.81. The third-order valence-electron chi connectivity index (χ3n) is 5.53. The Morgan fingerprint density at radius 3 is 2.95 bits per heavy atom. The van der Waals surface area contributed by atoms with Crippen LogP contribution in [0.15, 0.2) is 12.7 Å². The van der Waals surface area contributed by atoms with E-state index < -0.39 is 17.1 Å². The summed E-state index contributed by atoms with van der Waals surface area (Å²) in [6.45, 7) is 0.474. The van der Waals surface area contributed by atoms with Crippen molar-refractivity contribution in [2.75, 3.05) is 18.9 Å². The SMILES string of the molecule is Nc1ncnc2c1ncn2[C@@H]1C2C[C@@]2(CO)C(O)C12CO2. The van der Waals surface area contributed by atoms with Gasteiger partial charge in [-0.05, 0) is 12.3 Å². The topological polar surface area (TPSA) is 123 Å². The molecule has 2 aromatic heterocycles. The zero-order chi connectivity index (χ0) is 14.4. The molecule has 4 N–H and O–H groups in total. The first-order chi connectivity index (χ1) is 10.1. The van der Waals surface area contributed by atoms with Crippen LogP contribution in [0.25, 0.3) is 11.2 Å². The Morgan fingerprint density at radius 2 is 2.24 bits per heavy atom. The molecule has 3 aliphatic rings. The lowest BCUT2D eigenvalue weighted by Gasteiger charge is -2.24. The molecule has 110 valence electrons. The molecule has 2 aromatic rings. The summed E-state index contributed by atoms with van der Waals surface area (Å²) < 4.78 is 7.56. The van der Waals surface area contributed by atoms with Crippen LogP contribution in [0.4, 0.5) is 5.82 Å². The number of anilines is 1. The van der Waals surface area contributed by atoms with E-state index in [-0.39, 0.29) is 18.6 Å². The molecule has 3 fully saturated rings. The number of ether oxygens (including phenoxy) is 1. The highest BCUT2D eigenvalue weighted by Crippen LogP contribution is 2.74. The van der Waals surface area contributed by atoms with Gasteiger partial charge in [0.1, 0.15) is 17.4 Å². The van der Waals surface area contributed by atoms with E-state index in [2.05, 4.69) is 15.0 Å². The third kappa shape index (κ3) is 1.16. The number of epoxide rings is 1. The van der Waals surface area contributed by atoms with Gasteiger partial charge in [0.2, 0.25) is 0 Å². The van der Waals surface area contributed by atoms with Gasteiger partial charge in [-0.1, -0.05) is 0 Å². The fourth-order valence-electron chi connectivity index (χ4n) is 4.26. The molecule has 0 aromatic carbocycles. The summed E-state index contributed by atoms with van der Waals surface area (Å²) >= 11 is 0. The number of nitrogen functional groups attached to an aromatic ring is 1. The Balaban J connectivity index is 1.69. The quantitative estimate of drug-likeness (QED) is 0.612. The average Bonchev–Trinajstić information content (AvgIpc) is 3.36. The van der Waals surface area contributed by atoms with Gasteiger partial charge in [0.05, 0.1) is 31.7 Å². The highest BCUT2D eigenvalue weighted by atomic mass is 16.6. The Kier molecular flexibility index (Phi) is 1.89. The van der Waals surface area contributed by atoms with E-state index in [1.165, 1.54) is 6.33 Å². The number of hydrogen-bond acceptors (Lipinski definition) is 7. The minimum Gasteiger partial charge on any atom is -0.396 e. The van der Waals surface area contributed by atoms with Gasteiger partial charge in [-0.3, -0.25) is 0 Å². The lowest BCUT2D eigenvalue weighted by molar-refractivity contribution is 0.00704. The minimum atomic E-state index is -0.651. The lowest BCUT2D eigenvalue weighted by atomic mass is 9.92. The van der Waals surface area contributed by atoms with Crippen molar-refractivity contribution in [3.05, 3.63) is 12.7 Å². The molecule has 0 bridgehead atoms. The Labute approximate surface area is 119 Å². The summed E-state index contributed by atoms with van der Waals surface area (Å²) in [5, 5.41) is 20.3. The van der Waals surface area contributed by atoms with Crippen molar-refractivity contribution in [3.8, 4) is 0 Å². The first-order valence-electron chi connectivity index (χ1n) is 7.00. The van der Waals surface area contributed by atoms with E-state index in [0.29, 0.717) is 23.6 Å². The molecule has 2 saturated carbocycles. The van der Waals surface area contributed by atoms with Crippen molar-refractivity contribution < 1.29 is 14.9 Å². The Bertz CT molecular complexity index is 757. The van der Waals surface area contributed by atoms with E-state index in [9.17, 15) is 10.2 Å². The first-order valence-corrected chi connectivity index (χ1v) is 7.00. The second kappa shape index (κ2) is 3.34. The fourth-order valence-corrected chi connectivity index (χ4v) is 4.26. The van der Waals surface area contributed by atoms with Gasteiger partial charge >= 0.3 is 0 Å². The second-order valence-corrected chi connectivity index (χ2v) is 6.38. The fraction of sp³-hybridized carbons (Fsp3) is 0.615. The highest BCUT2D eigenvalue weighted by Gasteiger charge is 2.81. The van der Waals surface area contributed by atoms with Crippen molar-refractivity contribution >= 4 is 17.0 Å². The molecular weight excluding hydrogens is 274 g/mol. The predicted molar refractivity (Wildman–Crippen MR) is 71.1 cm³/mol. The molecule has 3 unspecified atom stereocenters. The second-order valence-electron chi connectivity index (χ2n) is 6.38. The number of aromatic nitrogens is 4. The van der Waals surface area contributed by atoms with Crippen LogP contribution in [0, 0.1) is 11.3 Å². The van der Waals surface area contributed by atoms with Crippen molar-refractivity contribution in [2.45, 2.75) is 24.2 Å². The summed E-state index contributed by atoms with van der Waals surface area (Å²) in [6, 6.07) is -0.0704. The maximum Gasteiger partial charge on any atom is 0.165 e. The molecule has 2 aliphatic carbocycles. The van der Waals surface area contributed by atoms with Crippen LogP contribution in [-0.4, -0.2) is 54.7 Å².